The third-order valence-corrected chi connectivity index (χ3v) is 4.22. The molecule has 0 heterocycles. The number of hydrogen-bond acceptors (Lipinski definition) is 2. The summed E-state index contributed by atoms with van der Waals surface area (Å²) in [5.74, 6) is 0.529. The minimum atomic E-state index is -0.178. The van der Waals surface area contributed by atoms with Gasteiger partial charge in [-0.15, -0.1) is 0 Å². The Hall–Kier alpha value is -1.81. The first-order valence-corrected chi connectivity index (χ1v) is 8.07. The molecule has 116 valence electrons. The Bertz CT molecular complexity index is 683. The van der Waals surface area contributed by atoms with Crippen molar-refractivity contribution in [2.45, 2.75) is 27.2 Å². The Labute approximate surface area is 139 Å². The molecule has 0 aliphatic heterocycles. The van der Waals surface area contributed by atoms with Crippen molar-refractivity contribution in [3.05, 3.63) is 57.6 Å². The van der Waals surface area contributed by atoms with Crippen molar-refractivity contribution in [3.63, 3.8) is 0 Å². The minimum Gasteiger partial charge on any atom is -0.484 e. The largest absolute Gasteiger partial charge is 0.484 e. The molecule has 0 aromatic heterocycles. The van der Waals surface area contributed by atoms with Crippen LogP contribution in [-0.4, -0.2) is 12.5 Å². The maximum Gasteiger partial charge on any atom is 0.262 e. The number of aryl methyl sites for hydroxylation is 3. The molecule has 2 rings (SSSR count). The van der Waals surface area contributed by atoms with Gasteiger partial charge in [-0.25, -0.2) is 0 Å². The van der Waals surface area contributed by atoms with Gasteiger partial charge in [-0.05, 0) is 77.2 Å². The number of ether oxygens (including phenoxy) is 1. The zero-order valence-electron chi connectivity index (χ0n) is 13.1. The zero-order valence-corrected chi connectivity index (χ0v) is 14.7. The van der Waals surface area contributed by atoms with Crippen LogP contribution in [0, 0.1) is 13.8 Å². The number of carbonyl (C=O) groups is 1. The Morgan fingerprint density at radius 2 is 1.91 bits per heavy atom. The van der Waals surface area contributed by atoms with Crippen LogP contribution in [0.25, 0.3) is 0 Å². The van der Waals surface area contributed by atoms with Crippen LogP contribution in [0.3, 0.4) is 0 Å². The lowest BCUT2D eigenvalue weighted by atomic mass is 10.1. The van der Waals surface area contributed by atoms with Crippen LogP contribution in [0.5, 0.6) is 5.75 Å². The Kier molecular flexibility index (Phi) is 5.61. The van der Waals surface area contributed by atoms with E-state index in [0.29, 0.717) is 5.75 Å². The molecular weight excluding hydrogens is 342 g/mol. The standard InChI is InChI=1S/C18H20BrNO2/c1-4-14-6-8-17(16(19)10-14)20-18(21)11-22-15-7-5-12(2)13(3)9-15/h5-10H,4,11H2,1-3H3,(H,20,21). The molecule has 0 unspecified atom stereocenters. The van der Waals surface area contributed by atoms with Crippen LogP contribution in [0.15, 0.2) is 40.9 Å². The minimum absolute atomic E-state index is 0.00945. The lowest BCUT2D eigenvalue weighted by molar-refractivity contribution is -0.118. The van der Waals surface area contributed by atoms with Gasteiger partial charge in [0, 0.05) is 4.47 Å². The molecule has 0 spiro atoms. The molecule has 1 amide bonds. The maximum atomic E-state index is 12.0. The van der Waals surface area contributed by atoms with E-state index < -0.39 is 0 Å². The van der Waals surface area contributed by atoms with Crippen LogP contribution in [0.4, 0.5) is 5.69 Å². The Balaban J connectivity index is 1.94. The summed E-state index contributed by atoms with van der Waals surface area (Å²) < 4.78 is 6.41. The molecule has 0 aliphatic rings. The quantitative estimate of drug-likeness (QED) is 0.841. The van der Waals surface area contributed by atoms with E-state index in [2.05, 4.69) is 28.2 Å². The molecule has 0 bridgehead atoms. The number of nitrogens with one attached hydrogen (secondary N) is 1. The topological polar surface area (TPSA) is 38.3 Å². The molecule has 3 nitrogen and oxygen atoms in total. The van der Waals surface area contributed by atoms with Gasteiger partial charge in [-0.2, -0.15) is 0 Å². The van der Waals surface area contributed by atoms with Gasteiger partial charge in [0.1, 0.15) is 5.75 Å². The van der Waals surface area contributed by atoms with Crippen LogP contribution in [-0.2, 0) is 11.2 Å². The number of halogens is 1. The van der Waals surface area contributed by atoms with Crippen molar-refractivity contribution in [1.29, 1.82) is 0 Å². The summed E-state index contributed by atoms with van der Waals surface area (Å²) in [5.41, 5.74) is 4.33. The first-order valence-electron chi connectivity index (χ1n) is 7.28. The van der Waals surface area contributed by atoms with Gasteiger partial charge in [0.25, 0.3) is 5.91 Å². The fourth-order valence-electron chi connectivity index (χ4n) is 2.02. The Morgan fingerprint density at radius 1 is 1.14 bits per heavy atom. The van der Waals surface area contributed by atoms with Crippen molar-refractivity contribution in [3.8, 4) is 5.75 Å². The van der Waals surface area contributed by atoms with Crippen LogP contribution >= 0.6 is 15.9 Å². The summed E-state index contributed by atoms with van der Waals surface area (Å²) >= 11 is 3.47. The number of rotatable bonds is 5. The van der Waals surface area contributed by atoms with E-state index in [-0.39, 0.29) is 12.5 Å². The van der Waals surface area contributed by atoms with Crippen molar-refractivity contribution >= 4 is 27.5 Å². The third-order valence-electron chi connectivity index (χ3n) is 3.56. The molecule has 2 aromatic rings. The van der Waals surface area contributed by atoms with E-state index in [1.807, 2.05) is 50.2 Å². The van der Waals surface area contributed by atoms with E-state index in [0.717, 1.165) is 22.1 Å². The van der Waals surface area contributed by atoms with E-state index in [1.54, 1.807) is 0 Å². The van der Waals surface area contributed by atoms with E-state index >= 15 is 0 Å². The highest BCUT2D eigenvalue weighted by atomic mass is 79.9. The van der Waals surface area contributed by atoms with Crippen LogP contribution in [0.2, 0.25) is 0 Å². The second kappa shape index (κ2) is 7.45. The van der Waals surface area contributed by atoms with Gasteiger partial charge in [0.15, 0.2) is 6.61 Å². The molecule has 0 saturated carbocycles. The average molecular weight is 362 g/mol. The number of carbonyl (C=O) groups excluding carboxylic acids is 1. The van der Waals surface area contributed by atoms with Crippen molar-refractivity contribution in [1.82, 2.24) is 0 Å². The SMILES string of the molecule is CCc1ccc(NC(=O)COc2ccc(C)c(C)c2)c(Br)c1. The molecule has 4 heteroatoms. The first kappa shape index (κ1) is 16.6. The highest BCUT2D eigenvalue weighted by Crippen LogP contribution is 2.24. The van der Waals surface area contributed by atoms with Crippen molar-refractivity contribution < 1.29 is 9.53 Å². The van der Waals surface area contributed by atoms with Gasteiger partial charge >= 0.3 is 0 Å². The lowest BCUT2D eigenvalue weighted by Crippen LogP contribution is -2.20. The van der Waals surface area contributed by atoms with E-state index in [1.165, 1.54) is 11.1 Å². The number of anilines is 1. The van der Waals surface area contributed by atoms with Gasteiger partial charge in [0.05, 0.1) is 5.69 Å². The summed E-state index contributed by atoms with van der Waals surface area (Å²) in [4.78, 5) is 12.0. The van der Waals surface area contributed by atoms with E-state index in [4.69, 9.17) is 4.74 Å². The molecule has 22 heavy (non-hydrogen) atoms. The normalized spacial score (nSPS) is 10.4. The second-order valence-corrected chi connectivity index (χ2v) is 6.11. The molecule has 2 aromatic carbocycles. The van der Waals surface area contributed by atoms with Gasteiger partial charge in [-0.1, -0.05) is 19.1 Å². The monoisotopic (exact) mass is 361 g/mol. The smallest absolute Gasteiger partial charge is 0.262 e. The molecule has 1 N–H and O–H groups in total. The first-order chi connectivity index (χ1) is 10.5. The fourth-order valence-corrected chi connectivity index (χ4v) is 2.54. The molecule has 0 fully saturated rings. The van der Waals surface area contributed by atoms with Gasteiger partial charge < -0.3 is 10.1 Å². The summed E-state index contributed by atoms with van der Waals surface area (Å²) in [6, 6.07) is 11.7. The van der Waals surface area contributed by atoms with Crippen molar-refractivity contribution in [2.24, 2.45) is 0 Å². The predicted molar refractivity (Wildman–Crippen MR) is 93.6 cm³/mol. The summed E-state index contributed by atoms with van der Waals surface area (Å²) in [6.45, 7) is 6.15. The van der Waals surface area contributed by atoms with Crippen LogP contribution < -0.4 is 10.1 Å². The average Bonchev–Trinajstić information content (AvgIpc) is 2.50. The second-order valence-electron chi connectivity index (χ2n) is 5.25. The van der Waals surface area contributed by atoms with Crippen molar-refractivity contribution in [2.75, 3.05) is 11.9 Å². The number of amides is 1. The number of hydrogen-bond donors (Lipinski definition) is 1. The molecule has 0 atom stereocenters. The molecule has 0 aliphatic carbocycles. The fraction of sp³-hybridized carbons (Fsp3) is 0.278. The lowest BCUT2D eigenvalue weighted by Gasteiger charge is -2.10. The predicted octanol–water partition coefficient (Wildman–Crippen LogP) is 4.65. The van der Waals surface area contributed by atoms with E-state index in [9.17, 15) is 4.79 Å². The summed E-state index contributed by atoms with van der Waals surface area (Å²) in [5, 5.41) is 2.85. The number of benzene rings is 2. The Morgan fingerprint density at radius 3 is 2.55 bits per heavy atom. The molecule has 0 radical (unpaired) electrons. The zero-order chi connectivity index (χ0) is 16.1. The highest BCUT2D eigenvalue weighted by Gasteiger charge is 2.07. The highest BCUT2D eigenvalue weighted by molar-refractivity contribution is 9.10. The molecular formula is C18H20BrNO2. The maximum absolute atomic E-state index is 12.0. The third kappa shape index (κ3) is 4.34. The van der Waals surface area contributed by atoms with Gasteiger partial charge in [-0.3, -0.25) is 4.79 Å². The van der Waals surface area contributed by atoms with Crippen LogP contribution in [0.1, 0.15) is 23.6 Å². The summed E-state index contributed by atoms with van der Waals surface area (Å²) in [6.07, 6.45) is 0.961. The summed E-state index contributed by atoms with van der Waals surface area (Å²) in [7, 11) is 0. The van der Waals surface area contributed by atoms with Gasteiger partial charge in [0.2, 0.25) is 0 Å². The molecule has 0 saturated heterocycles.